The minimum atomic E-state index is 0.639. The third-order valence-corrected chi connectivity index (χ3v) is 3.86. The molecule has 0 aliphatic carbocycles. The highest BCUT2D eigenvalue weighted by molar-refractivity contribution is 5.83. The highest BCUT2D eigenvalue weighted by atomic mass is 15.0. The quantitative estimate of drug-likeness (QED) is 0.588. The summed E-state index contributed by atoms with van der Waals surface area (Å²) in [5, 5.41) is 4.54. The maximum atomic E-state index is 4.62. The Morgan fingerprint density at radius 1 is 1.04 bits per heavy atom. The predicted octanol–water partition coefficient (Wildman–Crippen LogP) is 4.33. The van der Waals surface area contributed by atoms with E-state index in [0.29, 0.717) is 5.82 Å². The van der Waals surface area contributed by atoms with Crippen LogP contribution in [0.4, 0.5) is 11.5 Å². The number of nitrogens with one attached hydrogen (secondary N) is 2. The molecule has 0 atom stereocenters. The average molecular weight is 315 g/mol. The fraction of sp³-hybridized carbons (Fsp3) is 0.105. The van der Waals surface area contributed by atoms with Crippen molar-refractivity contribution in [1.82, 2.24) is 19.9 Å². The second-order valence-electron chi connectivity index (χ2n) is 5.54. The minimum absolute atomic E-state index is 0.639. The maximum absolute atomic E-state index is 4.62. The van der Waals surface area contributed by atoms with Gasteiger partial charge in [-0.2, -0.15) is 0 Å². The van der Waals surface area contributed by atoms with Crippen LogP contribution in [0.15, 0.2) is 60.9 Å². The molecule has 3 aromatic heterocycles. The number of fused-ring (bicyclic) bond motifs is 1. The number of hydrogen-bond acceptors (Lipinski definition) is 4. The Balaban J connectivity index is 1.71. The second-order valence-corrected chi connectivity index (χ2v) is 5.54. The zero-order valence-electron chi connectivity index (χ0n) is 13.3. The topological polar surface area (TPSA) is 66.5 Å². The van der Waals surface area contributed by atoms with E-state index in [4.69, 9.17) is 0 Å². The third-order valence-electron chi connectivity index (χ3n) is 3.86. The molecule has 0 saturated heterocycles. The van der Waals surface area contributed by atoms with Crippen LogP contribution in [0.1, 0.15) is 12.6 Å². The van der Waals surface area contributed by atoms with Gasteiger partial charge in [0, 0.05) is 40.7 Å². The van der Waals surface area contributed by atoms with Gasteiger partial charge in [0.15, 0.2) is 5.82 Å². The average Bonchev–Trinajstić information content (AvgIpc) is 3.10. The van der Waals surface area contributed by atoms with Crippen LogP contribution in [0, 0.1) is 0 Å². The molecule has 2 N–H and O–H groups in total. The van der Waals surface area contributed by atoms with Crippen LogP contribution in [0.5, 0.6) is 0 Å². The summed E-state index contributed by atoms with van der Waals surface area (Å²) < 4.78 is 0. The van der Waals surface area contributed by atoms with Gasteiger partial charge in [-0.05, 0) is 42.8 Å². The monoisotopic (exact) mass is 315 g/mol. The first kappa shape index (κ1) is 14.4. The summed E-state index contributed by atoms with van der Waals surface area (Å²) in [4.78, 5) is 16.8. The van der Waals surface area contributed by atoms with E-state index in [0.717, 1.165) is 40.2 Å². The van der Waals surface area contributed by atoms with Crippen molar-refractivity contribution < 1.29 is 0 Å². The van der Waals surface area contributed by atoms with Gasteiger partial charge in [-0.1, -0.05) is 13.0 Å². The normalized spacial score (nSPS) is 10.9. The van der Waals surface area contributed by atoms with Gasteiger partial charge in [-0.15, -0.1) is 0 Å². The van der Waals surface area contributed by atoms with Gasteiger partial charge in [0.25, 0.3) is 0 Å². The molecule has 118 valence electrons. The molecule has 0 fully saturated rings. The summed E-state index contributed by atoms with van der Waals surface area (Å²) in [6.45, 7) is 2.08. The Bertz CT molecular complexity index is 975. The Morgan fingerprint density at radius 2 is 2.00 bits per heavy atom. The summed E-state index contributed by atoms with van der Waals surface area (Å²) in [5.74, 6) is 1.41. The number of benzene rings is 1. The molecular weight excluding hydrogens is 298 g/mol. The summed E-state index contributed by atoms with van der Waals surface area (Å²) >= 11 is 0. The number of hydrogen-bond donors (Lipinski definition) is 2. The molecule has 0 saturated carbocycles. The van der Waals surface area contributed by atoms with Crippen molar-refractivity contribution in [3.63, 3.8) is 0 Å². The number of aryl methyl sites for hydroxylation is 1. The van der Waals surface area contributed by atoms with E-state index in [1.807, 2.05) is 36.5 Å². The van der Waals surface area contributed by atoms with Crippen molar-refractivity contribution in [1.29, 1.82) is 0 Å². The summed E-state index contributed by atoms with van der Waals surface area (Å²) in [6, 6.07) is 16.0. The number of aromatic nitrogens is 4. The molecule has 0 bridgehead atoms. The molecule has 5 heteroatoms. The highest BCUT2D eigenvalue weighted by Crippen LogP contribution is 2.23. The van der Waals surface area contributed by atoms with Gasteiger partial charge < -0.3 is 10.3 Å². The number of anilines is 2. The van der Waals surface area contributed by atoms with Crippen molar-refractivity contribution in [3.8, 4) is 11.5 Å². The number of aromatic amines is 1. The molecule has 4 aromatic rings. The molecule has 0 unspecified atom stereocenters. The summed E-state index contributed by atoms with van der Waals surface area (Å²) in [5.41, 5.74) is 3.87. The van der Waals surface area contributed by atoms with E-state index < -0.39 is 0 Å². The lowest BCUT2D eigenvalue weighted by Gasteiger charge is -2.09. The minimum Gasteiger partial charge on any atom is -0.361 e. The Kier molecular flexibility index (Phi) is 3.67. The van der Waals surface area contributed by atoms with Crippen molar-refractivity contribution in [2.75, 3.05) is 5.32 Å². The first-order valence-corrected chi connectivity index (χ1v) is 7.95. The number of H-pyrrole nitrogens is 1. The lowest BCUT2D eigenvalue weighted by atomic mass is 10.2. The Hall–Kier alpha value is -3.21. The van der Waals surface area contributed by atoms with Gasteiger partial charge in [0.1, 0.15) is 11.5 Å². The van der Waals surface area contributed by atoms with E-state index in [1.54, 1.807) is 6.20 Å². The lowest BCUT2D eigenvalue weighted by Crippen LogP contribution is -2.01. The van der Waals surface area contributed by atoms with Crippen molar-refractivity contribution >= 4 is 22.4 Å². The molecular formula is C19H17N5. The summed E-state index contributed by atoms with van der Waals surface area (Å²) in [7, 11) is 0. The first-order valence-electron chi connectivity index (χ1n) is 7.95. The van der Waals surface area contributed by atoms with Crippen molar-refractivity contribution in [3.05, 3.63) is 66.6 Å². The van der Waals surface area contributed by atoms with Crippen LogP contribution < -0.4 is 5.32 Å². The third kappa shape index (κ3) is 2.84. The standard InChI is InChI=1S/C19H17N5/c1-2-14-12-18(24-19(23-14)17-5-3-4-9-20-17)22-15-6-7-16-13(11-15)8-10-21-16/h3-12,21H,2H2,1H3,(H,22,23,24). The van der Waals surface area contributed by atoms with Crippen LogP contribution in [0.3, 0.4) is 0 Å². The van der Waals surface area contributed by atoms with Gasteiger partial charge in [-0.3, -0.25) is 4.98 Å². The van der Waals surface area contributed by atoms with E-state index in [9.17, 15) is 0 Å². The molecule has 0 radical (unpaired) electrons. The van der Waals surface area contributed by atoms with Crippen LogP contribution in [0.25, 0.3) is 22.4 Å². The first-order chi connectivity index (χ1) is 11.8. The van der Waals surface area contributed by atoms with E-state index in [1.165, 1.54) is 0 Å². The Labute approximate surface area is 139 Å². The molecule has 0 spiro atoms. The highest BCUT2D eigenvalue weighted by Gasteiger charge is 2.08. The van der Waals surface area contributed by atoms with Gasteiger partial charge >= 0.3 is 0 Å². The molecule has 24 heavy (non-hydrogen) atoms. The van der Waals surface area contributed by atoms with Gasteiger partial charge in [0.05, 0.1) is 0 Å². The zero-order valence-corrected chi connectivity index (χ0v) is 13.3. The van der Waals surface area contributed by atoms with Crippen LogP contribution in [-0.2, 0) is 6.42 Å². The van der Waals surface area contributed by atoms with Gasteiger partial charge in [0.2, 0.25) is 0 Å². The van der Waals surface area contributed by atoms with E-state index in [2.05, 4.69) is 50.4 Å². The Morgan fingerprint density at radius 3 is 2.83 bits per heavy atom. The van der Waals surface area contributed by atoms with E-state index >= 15 is 0 Å². The molecule has 5 nitrogen and oxygen atoms in total. The lowest BCUT2D eigenvalue weighted by molar-refractivity contribution is 1.00. The maximum Gasteiger partial charge on any atom is 0.180 e. The largest absolute Gasteiger partial charge is 0.361 e. The fourth-order valence-corrected chi connectivity index (χ4v) is 2.63. The number of pyridine rings is 1. The van der Waals surface area contributed by atoms with Crippen molar-refractivity contribution in [2.24, 2.45) is 0 Å². The zero-order chi connectivity index (χ0) is 16.4. The van der Waals surface area contributed by atoms with Crippen LogP contribution >= 0.6 is 0 Å². The van der Waals surface area contributed by atoms with Crippen LogP contribution in [0.2, 0.25) is 0 Å². The molecule has 4 rings (SSSR count). The number of nitrogens with zero attached hydrogens (tertiary/aromatic N) is 3. The molecule has 0 amide bonds. The molecule has 3 heterocycles. The number of rotatable bonds is 4. The van der Waals surface area contributed by atoms with Crippen LogP contribution in [-0.4, -0.2) is 19.9 Å². The predicted molar refractivity (Wildman–Crippen MR) is 96.2 cm³/mol. The van der Waals surface area contributed by atoms with E-state index in [-0.39, 0.29) is 0 Å². The smallest absolute Gasteiger partial charge is 0.180 e. The second kappa shape index (κ2) is 6.12. The molecule has 0 aliphatic rings. The molecule has 0 aliphatic heterocycles. The molecule has 1 aromatic carbocycles. The van der Waals surface area contributed by atoms with Crippen molar-refractivity contribution in [2.45, 2.75) is 13.3 Å². The fourth-order valence-electron chi connectivity index (χ4n) is 2.63. The SMILES string of the molecule is CCc1cc(Nc2ccc3[nH]ccc3c2)nc(-c2ccccn2)n1. The van der Waals surface area contributed by atoms with Gasteiger partial charge in [-0.25, -0.2) is 9.97 Å². The summed E-state index contributed by atoms with van der Waals surface area (Å²) in [6.07, 6.45) is 4.53.